The molecule has 8 heteroatoms. The van der Waals surface area contributed by atoms with E-state index in [1.54, 1.807) is 18.2 Å². The van der Waals surface area contributed by atoms with E-state index in [2.05, 4.69) is 9.97 Å². The molecule has 0 saturated carbocycles. The van der Waals surface area contributed by atoms with Crippen LogP contribution in [0.25, 0.3) is 0 Å². The molecule has 2 heterocycles. The summed E-state index contributed by atoms with van der Waals surface area (Å²) in [5.41, 5.74) is -0.537. The Hall–Kier alpha value is -2.54. The minimum absolute atomic E-state index is 0.00775. The standard InChI is InChI=1S/C12H9ClN4O3/c1-16(11-4-2-3-5-14-11)12(18)8-6-10(13)15-7-9(8)17(19)20/h2-7H,1H3. The maximum atomic E-state index is 12.3. The number of aromatic nitrogens is 2. The maximum absolute atomic E-state index is 12.3. The summed E-state index contributed by atoms with van der Waals surface area (Å²) in [6, 6.07) is 6.20. The first-order valence-electron chi connectivity index (χ1n) is 5.49. The van der Waals surface area contributed by atoms with Crippen molar-refractivity contribution in [3.8, 4) is 0 Å². The SMILES string of the molecule is CN(C(=O)c1cc(Cl)ncc1[N+](=O)[O-])c1ccccn1. The van der Waals surface area contributed by atoms with Gasteiger partial charge in [0, 0.05) is 13.2 Å². The fraction of sp³-hybridized carbons (Fsp3) is 0.0833. The summed E-state index contributed by atoms with van der Waals surface area (Å²) < 4.78 is 0. The van der Waals surface area contributed by atoms with Gasteiger partial charge in [-0.25, -0.2) is 9.97 Å². The number of carbonyl (C=O) groups is 1. The molecule has 20 heavy (non-hydrogen) atoms. The summed E-state index contributed by atoms with van der Waals surface area (Å²) in [6.07, 6.45) is 2.48. The zero-order chi connectivity index (χ0) is 14.7. The molecule has 102 valence electrons. The molecule has 0 N–H and O–H groups in total. The molecule has 0 aliphatic heterocycles. The van der Waals surface area contributed by atoms with Crippen molar-refractivity contribution in [1.82, 2.24) is 9.97 Å². The van der Waals surface area contributed by atoms with E-state index < -0.39 is 16.5 Å². The number of anilines is 1. The first kappa shape index (κ1) is 13.9. The maximum Gasteiger partial charge on any atom is 0.300 e. The van der Waals surface area contributed by atoms with Crippen molar-refractivity contribution in [2.75, 3.05) is 11.9 Å². The van der Waals surface area contributed by atoms with Crippen LogP contribution in [0, 0.1) is 10.1 Å². The highest BCUT2D eigenvalue weighted by atomic mass is 35.5. The van der Waals surface area contributed by atoms with Gasteiger partial charge in [0.1, 0.15) is 22.7 Å². The Morgan fingerprint density at radius 2 is 2.15 bits per heavy atom. The Morgan fingerprint density at radius 1 is 1.40 bits per heavy atom. The molecule has 0 fully saturated rings. The largest absolute Gasteiger partial charge is 0.300 e. The second-order valence-electron chi connectivity index (χ2n) is 3.83. The van der Waals surface area contributed by atoms with E-state index >= 15 is 0 Å². The number of nitrogens with zero attached hydrogens (tertiary/aromatic N) is 4. The number of nitro groups is 1. The number of hydrogen-bond donors (Lipinski definition) is 0. The summed E-state index contributed by atoms with van der Waals surface area (Å²) in [5, 5.41) is 10.9. The summed E-state index contributed by atoms with van der Waals surface area (Å²) in [5.74, 6) is -0.209. The van der Waals surface area contributed by atoms with Gasteiger partial charge in [-0.2, -0.15) is 0 Å². The van der Waals surface area contributed by atoms with Crippen LogP contribution in [0.1, 0.15) is 10.4 Å². The predicted octanol–water partition coefficient (Wildman–Crippen LogP) is 2.31. The first-order chi connectivity index (χ1) is 9.50. The topological polar surface area (TPSA) is 89.2 Å². The molecule has 0 spiro atoms. The van der Waals surface area contributed by atoms with Gasteiger partial charge >= 0.3 is 0 Å². The Balaban J connectivity index is 2.43. The molecule has 0 bridgehead atoms. The highest BCUT2D eigenvalue weighted by molar-refractivity contribution is 6.30. The first-order valence-corrected chi connectivity index (χ1v) is 5.87. The second-order valence-corrected chi connectivity index (χ2v) is 4.22. The van der Waals surface area contributed by atoms with Crippen molar-refractivity contribution in [2.45, 2.75) is 0 Å². The number of rotatable bonds is 3. The minimum atomic E-state index is -0.678. The number of amides is 1. The van der Waals surface area contributed by atoms with Gasteiger partial charge in [0.25, 0.3) is 11.6 Å². The van der Waals surface area contributed by atoms with Crippen LogP contribution in [-0.2, 0) is 0 Å². The molecule has 0 radical (unpaired) electrons. The fourth-order valence-electron chi connectivity index (χ4n) is 1.58. The van der Waals surface area contributed by atoms with E-state index in [1.807, 2.05) is 0 Å². The molecular weight excluding hydrogens is 284 g/mol. The summed E-state index contributed by atoms with van der Waals surface area (Å²) in [4.78, 5) is 31.4. The van der Waals surface area contributed by atoms with Crippen LogP contribution in [0.15, 0.2) is 36.7 Å². The van der Waals surface area contributed by atoms with Crippen molar-refractivity contribution in [1.29, 1.82) is 0 Å². The van der Waals surface area contributed by atoms with Gasteiger partial charge in [-0.1, -0.05) is 17.7 Å². The van der Waals surface area contributed by atoms with E-state index in [0.29, 0.717) is 5.82 Å². The van der Waals surface area contributed by atoms with Crippen LogP contribution < -0.4 is 4.90 Å². The molecule has 0 saturated heterocycles. The molecule has 0 aliphatic carbocycles. The van der Waals surface area contributed by atoms with E-state index in [0.717, 1.165) is 6.20 Å². The van der Waals surface area contributed by atoms with Gasteiger partial charge in [0.2, 0.25) is 0 Å². The number of halogens is 1. The number of carbonyl (C=O) groups excluding carboxylic acids is 1. The minimum Gasteiger partial charge on any atom is -0.296 e. The quantitative estimate of drug-likeness (QED) is 0.492. The number of pyridine rings is 2. The van der Waals surface area contributed by atoms with Crippen LogP contribution in [0.3, 0.4) is 0 Å². The average molecular weight is 293 g/mol. The van der Waals surface area contributed by atoms with Crippen molar-refractivity contribution in [3.05, 3.63) is 57.5 Å². The molecular formula is C12H9ClN4O3. The van der Waals surface area contributed by atoms with Gasteiger partial charge in [-0.3, -0.25) is 19.8 Å². The molecule has 2 aromatic heterocycles. The zero-order valence-corrected chi connectivity index (χ0v) is 11.1. The summed E-state index contributed by atoms with van der Waals surface area (Å²) in [6.45, 7) is 0. The highest BCUT2D eigenvalue weighted by Crippen LogP contribution is 2.23. The van der Waals surface area contributed by atoms with E-state index in [4.69, 9.17) is 11.6 Å². The predicted molar refractivity (Wildman–Crippen MR) is 72.9 cm³/mol. The van der Waals surface area contributed by atoms with E-state index in [1.165, 1.54) is 24.2 Å². The lowest BCUT2D eigenvalue weighted by atomic mass is 10.2. The molecule has 2 rings (SSSR count). The normalized spacial score (nSPS) is 10.1. The Labute approximate surface area is 119 Å². The monoisotopic (exact) mass is 292 g/mol. The third-order valence-corrected chi connectivity index (χ3v) is 2.78. The van der Waals surface area contributed by atoms with Crippen LogP contribution >= 0.6 is 11.6 Å². The third kappa shape index (κ3) is 2.72. The van der Waals surface area contributed by atoms with Crippen LogP contribution in [-0.4, -0.2) is 27.8 Å². The molecule has 0 atom stereocenters. The van der Waals surface area contributed by atoms with Gasteiger partial charge < -0.3 is 0 Å². The average Bonchev–Trinajstić information content (AvgIpc) is 2.46. The Kier molecular flexibility index (Phi) is 3.90. The summed E-state index contributed by atoms with van der Waals surface area (Å²) >= 11 is 5.70. The molecule has 0 aromatic carbocycles. The van der Waals surface area contributed by atoms with Gasteiger partial charge in [-0.15, -0.1) is 0 Å². The van der Waals surface area contributed by atoms with Gasteiger partial charge in [-0.05, 0) is 18.2 Å². The van der Waals surface area contributed by atoms with E-state index in [-0.39, 0.29) is 10.7 Å². The lowest BCUT2D eigenvalue weighted by molar-refractivity contribution is -0.385. The van der Waals surface area contributed by atoms with Crippen molar-refractivity contribution < 1.29 is 9.72 Å². The van der Waals surface area contributed by atoms with E-state index in [9.17, 15) is 14.9 Å². The second kappa shape index (κ2) is 5.62. The lowest BCUT2D eigenvalue weighted by Gasteiger charge is -2.15. The molecule has 0 aliphatic rings. The lowest BCUT2D eigenvalue weighted by Crippen LogP contribution is -2.27. The summed E-state index contributed by atoms with van der Waals surface area (Å²) in [7, 11) is 1.47. The van der Waals surface area contributed by atoms with Crippen LogP contribution in [0.4, 0.5) is 11.5 Å². The number of hydrogen-bond acceptors (Lipinski definition) is 5. The van der Waals surface area contributed by atoms with Crippen molar-refractivity contribution in [3.63, 3.8) is 0 Å². The highest BCUT2D eigenvalue weighted by Gasteiger charge is 2.25. The fourth-order valence-corrected chi connectivity index (χ4v) is 1.73. The van der Waals surface area contributed by atoms with Gasteiger partial charge in [0.15, 0.2) is 0 Å². The molecule has 7 nitrogen and oxygen atoms in total. The van der Waals surface area contributed by atoms with Crippen molar-refractivity contribution >= 4 is 29.0 Å². The zero-order valence-electron chi connectivity index (χ0n) is 10.4. The van der Waals surface area contributed by atoms with Crippen LogP contribution in [0.5, 0.6) is 0 Å². The molecule has 0 unspecified atom stereocenters. The van der Waals surface area contributed by atoms with Crippen molar-refractivity contribution in [2.24, 2.45) is 0 Å². The Morgan fingerprint density at radius 3 is 2.75 bits per heavy atom. The van der Waals surface area contributed by atoms with Gasteiger partial charge in [0.05, 0.1) is 4.92 Å². The van der Waals surface area contributed by atoms with Crippen LogP contribution in [0.2, 0.25) is 5.15 Å². The molecule has 2 aromatic rings. The smallest absolute Gasteiger partial charge is 0.296 e. The third-order valence-electron chi connectivity index (χ3n) is 2.57. The Bertz CT molecular complexity index is 663. The molecule has 1 amide bonds.